The molecule has 4 aromatic rings. The van der Waals surface area contributed by atoms with Crippen LogP contribution in [0.2, 0.25) is 0 Å². The Morgan fingerprint density at radius 1 is 1.16 bits per heavy atom. The number of rotatable bonds is 4. The summed E-state index contributed by atoms with van der Waals surface area (Å²) in [5.74, 6) is -0.251. The molecule has 1 amide bonds. The highest BCUT2D eigenvalue weighted by atomic mass is 16.2. The number of carbonyl (C=O) groups excluding carboxylic acids is 1. The van der Waals surface area contributed by atoms with Gasteiger partial charge in [-0.3, -0.25) is 9.48 Å². The second-order valence-corrected chi connectivity index (χ2v) is 5.97. The molecule has 0 atom stereocenters. The first-order valence-electron chi connectivity index (χ1n) is 8.01. The number of aryl methyl sites for hydroxylation is 1. The summed E-state index contributed by atoms with van der Waals surface area (Å²) in [5.41, 5.74) is 4.28. The van der Waals surface area contributed by atoms with Gasteiger partial charge in [-0.15, -0.1) is 0 Å². The number of hydrogen-bond acceptors (Lipinski definition) is 3. The largest absolute Gasteiger partial charge is 0.318 e. The van der Waals surface area contributed by atoms with E-state index in [9.17, 15) is 4.79 Å². The van der Waals surface area contributed by atoms with Gasteiger partial charge in [0.05, 0.1) is 23.9 Å². The van der Waals surface area contributed by atoms with Crippen molar-refractivity contribution >= 4 is 17.1 Å². The summed E-state index contributed by atoms with van der Waals surface area (Å²) in [5, 5.41) is 11.4. The standard InChI is InChI=1S/C19H17N5O/c1-14-5-4-6-15(9-14)12-23-13-16(11-20-23)21-19(25)18-10-17-7-2-3-8-24(17)22-18/h2-11,13H,12H2,1H3,(H,21,25). The van der Waals surface area contributed by atoms with Crippen LogP contribution >= 0.6 is 0 Å². The predicted molar refractivity (Wildman–Crippen MR) is 95.7 cm³/mol. The molecule has 3 heterocycles. The van der Waals surface area contributed by atoms with E-state index in [0.29, 0.717) is 17.9 Å². The smallest absolute Gasteiger partial charge is 0.276 e. The minimum Gasteiger partial charge on any atom is -0.318 e. The number of benzene rings is 1. The fourth-order valence-corrected chi connectivity index (χ4v) is 2.76. The van der Waals surface area contributed by atoms with Gasteiger partial charge < -0.3 is 5.32 Å². The molecule has 124 valence electrons. The van der Waals surface area contributed by atoms with E-state index in [-0.39, 0.29) is 5.91 Å². The Bertz CT molecular complexity index is 1010. The average molecular weight is 331 g/mol. The van der Waals surface area contributed by atoms with E-state index in [0.717, 1.165) is 5.52 Å². The molecular formula is C19H17N5O. The molecule has 0 saturated heterocycles. The maximum atomic E-state index is 12.4. The molecule has 0 unspecified atom stereocenters. The topological polar surface area (TPSA) is 64.2 Å². The molecule has 1 aromatic carbocycles. The van der Waals surface area contributed by atoms with Gasteiger partial charge in [0.15, 0.2) is 5.69 Å². The van der Waals surface area contributed by atoms with Crippen LogP contribution in [0.1, 0.15) is 21.6 Å². The fourth-order valence-electron chi connectivity index (χ4n) is 2.76. The van der Waals surface area contributed by atoms with Crippen molar-refractivity contribution in [3.05, 3.63) is 83.9 Å². The Labute approximate surface area is 144 Å². The quantitative estimate of drug-likeness (QED) is 0.625. The van der Waals surface area contributed by atoms with Crippen molar-refractivity contribution in [2.75, 3.05) is 5.32 Å². The number of hydrogen-bond donors (Lipinski definition) is 1. The van der Waals surface area contributed by atoms with Gasteiger partial charge in [-0.1, -0.05) is 35.9 Å². The summed E-state index contributed by atoms with van der Waals surface area (Å²) >= 11 is 0. The van der Waals surface area contributed by atoms with Gasteiger partial charge in [0, 0.05) is 12.4 Å². The maximum absolute atomic E-state index is 12.4. The molecule has 0 aliphatic rings. The van der Waals surface area contributed by atoms with Crippen LogP contribution in [0.15, 0.2) is 67.1 Å². The van der Waals surface area contributed by atoms with Crippen LogP contribution in [0, 0.1) is 6.92 Å². The first kappa shape index (κ1) is 15.1. The zero-order valence-electron chi connectivity index (χ0n) is 13.8. The van der Waals surface area contributed by atoms with Crippen molar-refractivity contribution in [2.24, 2.45) is 0 Å². The normalized spacial score (nSPS) is 10.9. The number of nitrogens with zero attached hydrogens (tertiary/aromatic N) is 4. The average Bonchev–Trinajstić information content (AvgIpc) is 3.21. The highest BCUT2D eigenvalue weighted by Gasteiger charge is 2.12. The number of carbonyl (C=O) groups is 1. The van der Waals surface area contributed by atoms with E-state index in [2.05, 4.69) is 40.6 Å². The second-order valence-electron chi connectivity index (χ2n) is 5.97. The van der Waals surface area contributed by atoms with Gasteiger partial charge in [-0.05, 0) is 30.7 Å². The number of anilines is 1. The molecule has 0 bridgehead atoms. The van der Waals surface area contributed by atoms with Crippen LogP contribution in [-0.4, -0.2) is 25.3 Å². The number of nitrogens with one attached hydrogen (secondary N) is 1. The highest BCUT2D eigenvalue weighted by molar-refractivity contribution is 6.03. The van der Waals surface area contributed by atoms with Crippen LogP contribution in [-0.2, 0) is 6.54 Å². The van der Waals surface area contributed by atoms with Gasteiger partial charge in [-0.25, -0.2) is 4.52 Å². The van der Waals surface area contributed by atoms with Crippen LogP contribution in [0.5, 0.6) is 0 Å². The second kappa shape index (κ2) is 6.24. The monoisotopic (exact) mass is 331 g/mol. The SMILES string of the molecule is Cc1cccc(Cn2cc(NC(=O)c3cc4ccccn4n3)cn2)c1. The summed E-state index contributed by atoms with van der Waals surface area (Å²) < 4.78 is 3.48. The van der Waals surface area contributed by atoms with Gasteiger partial charge >= 0.3 is 0 Å². The van der Waals surface area contributed by atoms with Crippen LogP contribution in [0.3, 0.4) is 0 Å². The Balaban J connectivity index is 1.47. The lowest BCUT2D eigenvalue weighted by Gasteiger charge is -2.03. The van der Waals surface area contributed by atoms with Crippen molar-refractivity contribution in [1.82, 2.24) is 19.4 Å². The summed E-state index contributed by atoms with van der Waals surface area (Å²) in [6.45, 7) is 2.72. The molecule has 25 heavy (non-hydrogen) atoms. The number of amides is 1. The van der Waals surface area contributed by atoms with E-state index in [1.165, 1.54) is 11.1 Å². The molecule has 3 aromatic heterocycles. The lowest BCUT2D eigenvalue weighted by atomic mass is 10.1. The highest BCUT2D eigenvalue weighted by Crippen LogP contribution is 2.12. The molecule has 0 fully saturated rings. The van der Waals surface area contributed by atoms with Crippen molar-refractivity contribution in [3.8, 4) is 0 Å². The summed E-state index contributed by atoms with van der Waals surface area (Å²) in [7, 11) is 0. The van der Waals surface area contributed by atoms with Gasteiger partial charge in [0.1, 0.15) is 0 Å². The predicted octanol–water partition coefficient (Wildman–Crippen LogP) is 3.14. The Morgan fingerprint density at radius 3 is 2.92 bits per heavy atom. The zero-order valence-corrected chi connectivity index (χ0v) is 13.8. The Hall–Kier alpha value is -3.41. The molecule has 6 nitrogen and oxygen atoms in total. The summed E-state index contributed by atoms with van der Waals surface area (Å²) in [6, 6.07) is 15.7. The van der Waals surface area contributed by atoms with E-state index in [4.69, 9.17) is 0 Å². The number of aromatic nitrogens is 4. The van der Waals surface area contributed by atoms with Gasteiger partial charge in [0.2, 0.25) is 0 Å². The molecule has 1 N–H and O–H groups in total. The van der Waals surface area contributed by atoms with E-state index in [1.54, 1.807) is 21.5 Å². The third kappa shape index (κ3) is 3.28. The lowest BCUT2D eigenvalue weighted by molar-refractivity contribution is 0.102. The third-order valence-electron chi connectivity index (χ3n) is 3.92. The van der Waals surface area contributed by atoms with Gasteiger partial charge in [0.25, 0.3) is 5.91 Å². The summed E-state index contributed by atoms with van der Waals surface area (Å²) in [4.78, 5) is 12.4. The summed E-state index contributed by atoms with van der Waals surface area (Å²) in [6.07, 6.45) is 5.27. The van der Waals surface area contributed by atoms with E-state index >= 15 is 0 Å². The van der Waals surface area contributed by atoms with E-state index < -0.39 is 0 Å². The molecule has 0 saturated carbocycles. The van der Waals surface area contributed by atoms with Crippen molar-refractivity contribution in [1.29, 1.82) is 0 Å². The van der Waals surface area contributed by atoms with Crippen LogP contribution < -0.4 is 5.32 Å². The molecule has 0 aliphatic heterocycles. The molecule has 4 rings (SSSR count). The van der Waals surface area contributed by atoms with Crippen molar-refractivity contribution < 1.29 is 4.79 Å². The zero-order chi connectivity index (χ0) is 17.2. The molecule has 0 radical (unpaired) electrons. The first-order chi connectivity index (χ1) is 12.2. The Morgan fingerprint density at radius 2 is 2.08 bits per heavy atom. The van der Waals surface area contributed by atoms with Gasteiger partial charge in [-0.2, -0.15) is 10.2 Å². The number of pyridine rings is 1. The minimum absolute atomic E-state index is 0.251. The fraction of sp³-hybridized carbons (Fsp3) is 0.105. The van der Waals surface area contributed by atoms with E-state index in [1.807, 2.05) is 36.7 Å². The van der Waals surface area contributed by atoms with Crippen LogP contribution in [0.25, 0.3) is 5.52 Å². The van der Waals surface area contributed by atoms with Crippen LogP contribution in [0.4, 0.5) is 5.69 Å². The van der Waals surface area contributed by atoms with Crippen molar-refractivity contribution in [2.45, 2.75) is 13.5 Å². The Kier molecular flexibility index (Phi) is 3.78. The number of fused-ring (bicyclic) bond motifs is 1. The minimum atomic E-state index is -0.251. The molecular weight excluding hydrogens is 314 g/mol. The molecule has 0 spiro atoms. The maximum Gasteiger partial charge on any atom is 0.276 e. The van der Waals surface area contributed by atoms with Crippen molar-refractivity contribution in [3.63, 3.8) is 0 Å². The third-order valence-corrected chi connectivity index (χ3v) is 3.92. The molecule has 0 aliphatic carbocycles. The first-order valence-corrected chi connectivity index (χ1v) is 8.01. The molecule has 6 heteroatoms. The lowest BCUT2D eigenvalue weighted by Crippen LogP contribution is -2.12.